The number of carboxylic acid groups (broad SMARTS) is 1. The van der Waals surface area contributed by atoms with Gasteiger partial charge < -0.3 is 10.4 Å². The standard InChI is InChI=1S/C15H19N3O3/c19-14(16-9-5-1-2-8-15(20)21)11-18-13-7-4-3-6-12(13)10-17-18/h3-4,6-7,10H,1-2,5,8-9,11H2,(H,16,19)(H,20,21). The number of carbonyl (C=O) groups excluding carboxylic acids is 1. The van der Waals surface area contributed by atoms with E-state index in [2.05, 4.69) is 10.4 Å². The Kier molecular flexibility index (Phi) is 5.31. The van der Waals surface area contributed by atoms with Gasteiger partial charge in [-0.05, 0) is 18.9 Å². The molecular weight excluding hydrogens is 270 g/mol. The van der Waals surface area contributed by atoms with E-state index in [1.807, 2.05) is 24.3 Å². The Hall–Kier alpha value is -2.37. The van der Waals surface area contributed by atoms with Crippen LogP contribution in [0.25, 0.3) is 10.9 Å². The number of carbonyl (C=O) groups is 2. The molecule has 21 heavy (non-hydrogen) atoms. The number of amides is 1. The fraction of sp³-hybridized carbons (Fsp3) is 0.400. The molecule has 0 fully saturated rings. The second-order valence-electron chi connectivity index (χ2n) is 4.92. The summed E-state index contributed by atoms with van der Waals surface area (Å²) in [5, 5.41) is 16.6. The van der Waals surface area contributed by atoms with Gasteiger partial charge in [0.1, 0.15) is 6.54 Å². The van der Waals surface area contributed by atoms with Crippen molar-refractivity contribution in [3.63, 3.8) is 0 Å². The fourth-order valence-electron chi connectivity index (χ4n) is 2.15. The quantitative estimate of drug-likeness (QED) is 0.726. The molecule has 0 radical (unpaired) electrons. The minimum absolute atomic E-state index is 0.0814. The van der Waals surface area contributed by atoms with Gasteiger partial charge in [0.2, 0.25) is 5.91 Å². The van der Waals surface area contributed by atoms with Crippen LogP contribution < -0.4 is 5.32 Å². The minimum atomic E-state index is -0.774. The van der Waals surface area contributed by atoms with Gasteiger partial charge in [-0.25, -0.2) is 0 Å². The number of unbranched alkanes of at least 4 members (excludes halogenated alkanes) is 2. The maximum absolute atomic E-state index is 11.8. The Bertz CT molecular complexity index is 621. The van der Waals surface area contributed by atoms with Crippen LogP contribution in [0.1, 0.15) is 25.7 Å². The Morgan fingerprint density at radius 2 is 2.00 bits per heavy atom. The predicted molar refractivity (Wildman–Crippen MR) is 78.8 cm³/mol. The van der Waals surface area contributed by atoms with Crippen LogP contribution in [-0.2, 0) is 16.1 Å². The van der Waals surface area contributed by atoms with E-state index in [0.29, 0.717) is 13.0 Å². The second kappa shape index (κ2) is 7.42. The van der Waals surface area contributed by atoms with Crippen molar-refractivity contribution in [3.05, 3.63) is 30.5 Å². The van der Waals surface area contributed by atoms with Crippen LogP contribution in [0.5, 0.6) is 0 Å². The fourth-order valence-corrected chi connectivity index (χ4v) is 2.15. The number of nitrogens with zero attached hydrogens (tertiary/aromatic N) is 2. The maximum atomic E-state index is 11.8. The number of fused-ring (bicyclic) bond motifs is 1. The Labute approximate surface area is 122 Å². The van der Waals surface area contributed by atoms with Crippen LogP contribution in [-0.4, -0.2) is 33.3 Å². The van der Waals surface area contributed by atoms with E-state index in [0.717, 1.165) is 23.7 Å². The van der Waals surface area contributed by atoms with Gasteiger partial charge in [-0.3, -0.25) is 14.3 Å². The molecule has 0 aliphatic carbocycles. The molecule has 2 N–H and O–H groups in total. The first-order chi connectivity index (χ1) is 10.2. The molecule has 0 unspecified atom stereocenters. The molecule has 0 saturated carbocycles. The lowest BCUT2D eigenvalue weighted by atomic mass is 10.2. The van der Waals surface area contributed by atoms with E-state index >= 15 is 0 Å². The van der Waals surface area contributed by atoms with Crippen molar-refractivity contribution in [3.8, 4) is 0 Å². The van der Waals surface area contributed by atoms with Crippen LogP contribution in [0.2, 0.25) is 0 Å². The molecule has 1 aromatic carbocycles. The van der Waals surface area contributed by atoms with Gasteiger partial charge >= 0.3 is 5.97 Å². The molecule has 0 atom stereocenters. The molecule has 6 nitrogen and oxygen atoms in total. The van der Waals surface area contributed by atoms with E-state index in [1.165, 1.54) is 0 Å². The largest absolute Gasteiger partial charge is 0.481 e. The second-order valence-corrected chi connectivity index (χ2v) is 4.92. The van der Waals surface area contributed by atoms with Crippen LogP contribution in [0.4, 0.5) is 0 Å². The molecule has 1 heterocycles. The first kappa shape index (κ1) is 15.0. The summed E-state index contributed by atoms with van der Waals surface area (Å²) in [6, 6.07) is 7.74. The molecule has 1 amide bonds. The lowest BCUT2D eigenvalue weighted by Crippen LogP contribution is -2.28. The molecule has 2 rings (SSSR count). The SMILES string of the molecule is O=C(O)CCCCCNC(=O)Cn1ncc2ccccc21. The summed E-state index contributed by atoms with van der Waals surface area (Å²) in [6.07, 6.45) is 4.17. The molecule has 0 aliphatic rings. The van der Waals surface area contributed by atoms with Gasteiger partial charge in [0, 0.05) is 18.4 Å². The zero-order valence-corrected chi connectivity index (χ0v) is 11.8. The van der Waals surface area contributed by atoms with Crippen molar-refractivity contribution in [1.29, 1.82) is 0 Å². The van der Waals surface area contributed by atoms with Crippen molar-refractivity contribution >= 4 is 22.8 Å². The van der Waals surface area contributed by atoms with Gasteiger partial charge in [0.25, 0.3) is 0 Å². The minimum Gasteiger partial charge on any atom is -0.481 e. The number of rotatable bonds is 8. The summed E-state index contributed by atoms with van der Waals surface area (Å²) >= 11 is 0. The van der Waals surface area contributed by atoms with E-state index in [4.69, 9.17) is 5.11 Å². The number of benzene rings is 1. The first-order valence-corrected chi connectivity index (χ1v) is 7.06. The van der Waals surface area contributed by atoms with E-state index in [9.17, 15) is 9.59 Å². The molecule has 0 bridgehead atoms. The van der Waals surface area contributed by atoms with Crippen molar-refractivity contribution in [2.75, 3.05) is 6.54 Å². The number of nitrogens with one attached hydrogen (secondary N) is 1. The number of carboxylic acids is 1. The van der Waals surface area contributed by atoms with Gasteiger partial charge in [-0.15, -0.1) is 0 Å². The average molecular weight is 289 g/mol. The van der Waals surface area contributed by atoms with Gasteiger partial charge in [0.05, 0.1) is 11.7 Å². The van der Waals surface area contributed by atoms with Crippen LogP contribution >= 0.6 is 0 Å². The summed E-state index contributed by atoms with van der Waals surface area (Å²) in [5.41, 5.74) is 0.939. The third kappa shape index (κ3) is 4.59. The molecular formula is C15H19N3O3. The van der Waals surface area contributed by atoms with Gasteiger partial charge in [0.15, 0.2) is 0 Å². The molecule has 0 spiro atoms. The average Bonchev–Trinajstić information content (AvgIpc) is 2.86. The highest BCUT2D eigenvalue weighted by Crippen LogP contribution is 2.12. The molecule has 112 valence electrons. The van der Waals surface area contributed by atoms with Crippen LogP contribution in [0.3, 0.4) is 0 Å². The lowest BCUT2D eigenvalue weighted by molar-refractivity contribution is -0.137. The first-order valence-electron chi connectivity index (χ1n) is 7.06. The maximum Gasteiger partial charge on any atom is 0.303 e. The molecule has 6 heteroatoms. The van der Waals surface area contributed by atoms with Crippen LogP contribution in [0, 0.1) is 0 Å². The Balaban J connectivity index is 1.71. The number of para-hydroxylation sites is 1. The summed E-state index contributed by atoms with van der Waals surface area (Å²) in [7, 11) is 0. The number of hydrogen-bond donors (Lipinski definition) is 2. The number of hydrogen-bond acceptors (Lipinski definition) is 3. The third-order valence-electron chi connectivity index (χ3n) is 3.23. The zero-order valence-electron chi connectivity index (χ0n) is 11.8. The molecule has 2 aromatic rings. The lowest BCUT2D eigenvalue weighted by Gasteiger charge is -2.06. The van der Waals surface area contributed by atoms with E-state index in [-0.39, 0.29) is 18.9 Å². The molecule has 1 aromatic heterocycles. The summed E-state index contributed by atoms with van der Waals surface area (Å²) in [5.74, 6) is -0.855. The van der Waals surface area contributed by atoms with Gasteiger partial charge in [-0.2, -0.15) is 5.10 Å². The Morgan fingerprint density at radius 1 is 1.19 bits per heavy atom. The van der Waals surface area contributed by atoms with Crippen molar-refractivity contribution in [1.82, 2.24) is 15.1 Å². The highest BCUT2D eigenvalue weighted by Gasteiger charge is 2.06. The monoisotopic (exact) mass is 289 g/mol. The van der Waals surface area contributed by atoms with E-state index < -0.39 is 5.97 Å². The molecule has 0 saturated heterocycles. The van der Waals surface area contributed by atoms with Crippen molar-refractivity contribution < 1.29 is 14.7 Å². The summed E-state index contributed by atoms with van der Waals surface area (Å²) < 4.78 is 1.68. The van der Waals surface area contributed by atoms with Crippen molar-refractivity contribution in [2.24, 2.45) is 0 Å². The van der Waals surface area contributed by atoms with Gasteiger partial charge in [-0.1, -0.05) is 24.6 Å². The third-order valence-corrected chi connectivity index (χ3v) is 3.23. The van der Waals surface area contributed by atoms with Crippen LogP contribution in [0.15, 0.2) is 30.5 Å². The van der Waals surface area contributed by atoms with Crippen molar-refractivity contribution in [2.45, 2.75) is 32.2 Å². The summed E-state index contributed by atoms with van der Waals surface area (Å²) in [4.78, 5) is 22.2. The zero-order chi connectivity index (χ0) is 15.1. The topological polar surface area (TPSA) is 84.2 Å². The number of aliphatic carboxylic acids is 1. The predicted octanol–water partition coefficient (Wildman–Crippen LogP) is 1.80. The Morgan fingerprint density at radius 3 is 2.81 bits per heavy atom. The number of aromatic nitrogens is 2. The summed E-state index contributed by atoms with van der Waals surface area (Å²) in [6.45, 7) is 0.764. The van der Waals surface area contributed by atoms with E-state index in [1.54, 1.807) is 10.9 Å². The highest BCUT2D eigenvalue weighted by atomic mass is 16.4. The smallest absolute Gasteiger partial charge is 0.303 e. The normalized spacial score (nSPS) is 10.7. The molecule has 0 aliphatic heterocycles. The highest BCUT2D eigenvalue weighted by molar-refractivity contribution is 5.81.